The Labute approximate surface area is 138 Å². The Hall–Kier alpha value is -0.690. The number of nitrogens with zero attached hydrogens (tertiary/aromatic N) is 1. The molecule has 1 aliphatic heterocycles. The van der Waals surface area contributed by atoms with E-state index >= 15 is 0 Å². The number of ether oxygens (including phenoxy) is 1. The topological polar surface area (TPSA) is 50.7 Å². The second kappa shape index (κ2) is 5.41. The van der Waals surface area contributed by atoms with Crippen molar-refractivity contribution in [2.75, 3.05) is 7.11 Å². The van der Waals surface area contributed by atoms with E-state index in [1.807, 2.05) is 0 Å². The van der Waals surface area contributed by atoms with Crippen molar-refractivity contribution in [3.8, 4) is 0 Å². The minimum atomic E-state index is -2.50. The quantitative estimate of drug-likeness (QED) is 0.837. The summed E-state index contributed by atoms with van der Waals surface area (Å²) in [5.41, 5.74) is 0. The van der Waals surface area contributed by atoms with E-state index in [4.69, 9.17) is 4.74 Å². The number of thioether (sulfide) groups is 1. The molecule has 23 heavy (non-hydrogen) atoms. The van der Waals surface area contributed by atoms with Crippen LogP contribution in [0.2, 0.25) is 0 Å². The first-order valence-corrected chi connectivity index (χ1v) is 9.23. The molecule has 7 heteroatoms. The Bertz CT molecular complexity index is 546. The number of methoxy groups -OCH3 is 1. The lowest BCUT2D eigenvalue weighted by atomic mass is 9.86. The fourth-order valence-electron chi connectivity index (χ4n) is 4.66. The molecule has 128 valence electrons. The number of hydrogen-bond acceptors (Lipinski definition) is 4. The first-order chi connectivity index (χ1) is 10.9. The largest absolute Gasteiger partial charge is 0.381 e. The first-order valence-electron chi connectivity index (χ1n) is 8.41. The Morgan fingerprint density at radius 1 is 1.30 bits per heavy atom. The number of amides is 1. The van der Waals surface area contributed by atoms with E-state index < -0.39 is 16.6 Å². The lowest BCUT2D eigenvalue weighted by Crippen LogP contribution is -2.42. The highest BCUT2D eigenvalue weighted by Crippen LogP contribution is 2.54. The van der Waals surface area contributed by atoms with Gasteiger partial charge in [0.2, 0.25) is 0 Å². The van der Waals surface area contributed by atoms with Crippen LogP contribution in [-0.4, -0.2) is 41.0 Å². The molecule has 0 aromatic rings. The third kappa shape index (κ3) is 2.60. The van der Waals surface area contributed by atoms with Crippen LogP contribution in [0.1, 0.15) is 44.9 Å². The smallest absolute Gasteiger partial charge is 0.264 e. The number of carbonyl (C=O) groups is 1. The molecule has 4 nitrogen and oxygen atoms in total. The normalized spacial score (nSPS) is 44.8. The molecule has 1 N–H and O–H groups in total. The minimum Gasteiger partial charge on any atom is -0.381 e. The molecule has 3 saturated carbocycles. The third-order valence-electron chi connectivity index (χ3n) is 6.09. The highest BCUT2D eigenvalue weighted by atomic mass is 32.2. The summed E-state index contributed by atoms with van der Waals surface area (Å²) in [6, 6.07) is 0.0455. The van der Waals surface area contributed by atoms with Crippen LogP contribution < -0.4 is 5.32 Å². The van der Waals surface area contributed by atoms with Crippen molar-refractivity contribution in [1.82, 2.24) is 5.32 Å². The van der Waals surface area contributed by atoms with Crippen molar-refractivity contribution in [2.45, 2.75) is 67.8 Å². The number of aliphatic imine (C=N–C) groups is 1. The molecule has 0 aromatic carbocycles. The van der Waals surface area contributed by atoms with E-state index in [0.717, 1.165) is 25.7 Å². The van der Waals surface area contributed by atoms with Gasteiger partial charge in [-0.3, -0.25) is 4.79 Å². The van der Waals surface area contributed by atoms with Gasteiger partial charge in [-0.25, -0.2) is 8.78 Å². The zero-order valence-corrected chi connectivity index (χ0v) is 14.0. The van der Waals surface area contributed by atoms with Gasteiger partial charge in [-0.1, -0.05) is 11.8 Å². The van der Waals surface area contributed by atoms with Crippen molar-refractivity contribution in [1.29, 1.82) is 0 Å². The van der Waals surface area contributed by atoms with Crippen molar-refractivity contribution in [2.24, 2.45) is 16.8 Å². The average Bonchev–Trinajstić information content (AvgIpc) is 3.12. The molecular formula is C16H22F2N2O2S. The molecule has 3 aliphatic carbocycles. The molecule has 0 saturated heterocycles. The Morgan fingerprint density at radius 3 is 2.61 bits per heavy atom. The van der Waals surface area contributed by atoms with Crippen LogP contribution in [0.5, 0.6) is 0 Å². The van der Waals surface area contributed by atoms with E-state index in [0.29, 0.717) is 18.0 Å². The Morgan fingerprint density at radius 2 is 2.04 bits per heavy atom. The van der Waals surface area contributed by atoms with Crippen molar-refractivity contribution in [3.63, 3.8) is 0 Å². The van der Waals surface area contributed by atoms with Crippen molar-refractivity contribution in [3.05, 3.63) is 0 Å². The van der Waals surface area contributed by atoms with Crippen LogP contribution in [-0.2, 0) is 9.53 Å². The number of carbonyl (C=O) groups excluding carboxylic acids is 1. The highest BCUT2D eigenvalue weighted by Gasteiger charge is 2.57. The molecule has 1 amide bonds. The summed E-state index contributed by atoms with van der Waals surface area (Å²) < 4.78 is 32.2. The number of hydrogen-bond donors (Lipinski definition) is 1. The molecule has 0 aromatic heterocycles. The van der Waals surface area contributed by atoms with Gasteiger partial charge >= 0.3 is 0 Å². The molecule has 1 unspecified atom stereocenters. The van der Waals surface area contributed by atoms with E-state index in [-0.39, 0.29) is 30.4 Å². The summed E-state index contributed by atoms with van der Waals surface area (Å²) in [5, 5.41) is 3.95. The number of halogens is 2. The first kappa shape index (κ1) is 15.8. The number of alkyl halides is 2. The van der Waals surface area contributed by atoms with E-state index in [9.17, 15) is 13.6 Å². The van der Waals surface area contributed by atoms with Gasteiger partial charge in [0.05, 0.1) is 6.10 Å². The lowest BCUT2D eigenvalue weighted by molar-refractivity contribution is -0.121. The van der Waals surface area contributed by atoms with Gasteiger partial charge in [-0.2, -0.15) is 4.99 Å². The van der Waals surface area contributed by atoms with Gasteiger partial charge in [0, 0.05) is 25.5 Å². The Balaban J connectivity index is 1.37. The van der Waals surface area contributed by atoms with Gasteiger partial charge in [0.1, 0.15) is 4.75 Å². The SMILES string of the molecule is COC1CCC2(CC1)SC(N[C@H]1C[C@H]3CC1CC3(F)F)=NC2=O. The zero-order valence-electron chi connectivity index (χ0n) is 13.2. The summed E-state index contributed by atoms with van der Waals surface area (Å²) in [6.45, 7) is 0. The highest BCUT2D eigenvalue weighted by molar-refractivity contribution is 8.16. The minimum absolute atomic E-state index is 0.00850. The van der Waals surface area contributed by atoms with E-state index in [1.54, 1.807) is 7.11 Å². The zero-order chi connectivity index (χ0) is 16.2. The van der Waals surface area contributed by atoms with Crippen LogP contribution in [0.15, 0.2) is 4.99 Å². The van der Waals surface area contributed by atoms with Gasteiger partial charge < -0.3 is 10.1 Å². The number of nitrogens with one attached hydrogen (secondary N) is 1. The number of amidine groups is 1. The summed E-state index contributed by atoms with van der Waals surface area (Å²) in [6.07, 6.45) is 4.59. The molecular weight excluding hydrogens is 322 g/mol. The second-order valence-electron chi connectivity index (χ2n) is 7.40. The van der Waals surface area contributed by atoms with E-state index in [1.165, 1.54) is 11.8 Å². The fraction of sp³-hybridized carbons (Fsp3) is 0.875. The molecule has 2 bridgehead atoms. The Kier molecular flexibility index (Phi) is 3.72. The molecule has 0 radical (unpaired) electrons. The summed E-state index contributed by atoms with van der Waals surface area (Å²) in [5.74, 6) is -3.05. The molecule has 1 heterocycles. The predicted molar refractivity (Wildman–Crippen MR) is 84.7 cm³/mol. The molecule has 4 rings (SSSR count). The third-order valence-corrected chi connectivity index (χ3v) is 7.47. The summed E-state index contributed by atoms with van der Waals surface area (Å²) in [7, 11) is 1.71. The molecule has 3 atom stereocenters. The lowest BCUT2D eigenvalue weighted by Gasteiger charge is -2.34. The molecule has 4 aliphatic rings. The standard InChI is InChI=1S/C16H22F2N2O2S/c1-22-11-2-4-15(5-3-11)13(21)20-14(23-15)19-12-7-10-6-9(12)8-16(10,17)18/h9-12H,2-8H2,1H3,(H,19,20,21)/t9?,10-,11?,12+,15?/m1/s1. The van der Waals surface area contributed by atoms with E-state index in [2.05, 4.69) is 10.3 Å². The maximum atomic E-state index is 13.6. The second-order valence-corrected chi connectivity index (χ2v) is 8.77. The van der Waals surface area contributed by atoms with Crippen molar-refractivity contribution < 1.29 is 18.3 Å². The number of fused-ring (bicyclic) bond motifs is 2. The van der Waals surface area contributed by atoms with Crippen LogP contribution in [0.25, 0.3) is 0 Å². The van der Waals surface area contributed by atoms with Gasteiger partial charge in [-0.05, 0) is 44.4 Å². The van der Waals surface area contributed by atoms with Gasteiger partial charge in [0.25, 0.3) is 11.8 Å². The summed E-state index contributed by atoms with van der Waals surface area (Å²) >= 11 is 1.51. The van der Waals surface area contributed by atoms with Crippen molar-refractivity contribution >= 4 is 22.8 Å². The predicted octanol–water partition coefficient (Wildman–Crippen LogP) is 2.97. The maximum absolute atomic E-state index is 13.6. The van der Waals surface area contributed by atoms with Crippen LogP contribution >= 0.6 is 11.8 Å². The summed E-state index contributed by atoms with van der Waals surface area (Å²) in [4.78, 5) is 16.6. The van der Waals surface area contributed by atoms with Crippen LogP contribution in [0, 0.1) is 11.8 Å². The van der Waals surface area contributed by atoms with Gasteiger partial charge in [0.15, 0.2) is 5.17 Å². The average molecular weight is 344 g/mol. The fourth-order valence-corrected chi connectivity index (χ4v) is 5.95. The van der Waals surface area contributed by atoms with Crippen LogP contribution in [0.4, 0.5) is 8.78 Å². The number of rotatable bonds is 2. The monoisotopic (exact) mass is 344 g/mol. The molecule has 1 spiro atoms. The molecule has 3 fully saturated rings. The van der Waals surface area contributed by atoms with Gasteiger partial charge in [-0.15, -0.1) is 0 Å². The van der Waals surface area contributed by atoms with Crippen LogP contribution in [0.3, 0.4) is 0 Å². The maximum Gasteiger partial charge on any atom is 0.264 e.